The maximum Gasteiger partial charge on any atom is 0.373 e. The number of ether oxygens (including phenoxy) is 1. The molecule has 0 aromatic heterocycles. The van der Waals surface area contributed by atoms with Crippen LogP contribution < -0.4 is 0 Å². The molecule has 21 heavy (non-hydrogen) atoms. The minimum Gasteiger partial charge on any atom is -0.382 e. The van der Waals surface area contributed by atoms with Crippen molar-refractivity contribution in [1.29, 1.82) is 0 Å². The Bertz CT molecular complexity index is 491. The van der Waals surface area contributed by atoms with Gasteiger partial charge in [-0.3, -0.25) is 4.89 Å². The monoisotopic (exact) mass is 293 g/mol. The van der Waals surface area contributed by atoms with E-state index in [1.807, 2.05) is 34.6 Å². The molecule has 1 unspecified atom stereocenters. The van der Waals surface area contributed by atoms with E-state index in [0.29, 0.717) is 12.0 Å². The van der Waals surface area contributed by atoms with E-state index in [0.717, 1.165) is 22.3 Å². The normalized spacial score (nSPS) is 12.3. The van der Waals surface area contributed by atoms with E-state index in [-0.39, 0.29) is 6.10 Å². The number of methoxy groups -OCH3 is 1. The topological polar surface area (TPSA) is 44.8 Å². The van der Waals surface area contributed by atoms with Gasteiger partial charge >= 0.3 is 5.97 Å². The summed E-state index contributed by atoms with van der Waals surface area (Å²) in [5, 5.41) is 0. The van der Waals surface area contributed by atoms with Crippen LogP contribution in [0.3, 0.4) is 0 Å². The highest BCUT2D eigenvalue weighted by molar-refractivity contribution is 5.93. The molecule has 1 radical (unpaired) electrons. The van der Waals surface area contributed by atoms with Crippen LogP contribution in [0.15, 0.2) is 0 Å². The van der Waals surface area contributed by atoms with Gasteiger partial charge in [-0.1, -0.05) is 0 Å². The number of benzene rings is 1. The first-order chi connectivity index (χ1) is 9.81. The van der Waals surface area contributed by atoms with Crippen LogP contribution in [0.5, 0.6) is 0 Å². The van der Waals surface area contributed by atoms with Gasteiger partial charge in [0, 0.05) is 13.5 Å². The summed E-state index contributed by atoms with van der Waals surface area (Å²) in [6.07, 6.45) is 0.573. The van der Waals surface area contributed by atoms with Crippen LogP contribution in [0.25, 0.3) is 0 Å². The second-order valence-electron chi connectivity index (χ2n) is 5.42. The second kappa shape index (κ2) is 7.57. The second-order valence-corrected chi connectivity index (χ2v) is 5.42. The molecular weight excluding hydrogens is 268 g/mol. The summed E-state index contributed by atoms with van der Waals surface area (Å²) in [4.78, 5) is 22.0. The molecule has 0 saturated heterocycles. The van der Waals surface area contributed by atoms with Gasteiger partial charge in [0.25, 0.3) is 0 Å². The van der Waals surface area contributed by atoms with Crippen LogP contribution in [0.4, 0.5) is 0 Å². The smallest absolute Gasteiger partial charge is 0.373 e. The maximum atomic E-state index is 12.2. The van der Waals surface area contributed by atoms with E-state index in [1.165, 1.54) is 12.2 Å². The fraction of sp³-hybridized carbons (Fsp3) is 0.529. The lowest BCUT2D eigenvalue weighted by molar-refractivity contribution is -0.215. The zero-order valence-corrected chi connectivity index (χ0v) is 14.0. The molecule has 0 aliphatic heterocycles. The number of hydrogen-bond acceptors (Lipinski definition) is 4. The molecule has 0 spiro atoms. The Kier molecular flexibility index (Phi) is 6.37. The van der Waals surface area contributed by atoms with Crippen molar-refractivity contribution < 1.29 is 19.3 Å². The van der Waals surface area contributed by atoms with Gasteiger partial charge in [-0.05, 0) is 69.4 Å². The van der Waals surface area contributed by atoms with Crippen LogP contribution in [0, 0.1) is 41.2 Å². The quantitative estimate of drug-likeness (QED) is 0.453. The number of carbonyl (C=O) groups is 1. The molecule has 1 atom stereocenters. The lowest BCUT2D eigenvalue weighted by Gasteiger charge is -2.17. The van der Waals surface area contributed by atoms with Crippen molar-refractivity contribution in [2.75, 3.05) is 7.11 Å². The highest BCUT2D eigenvalue weighted by Gasteiger charge is 2.20. The molecule has 4 heteroatoms. The largest absolute Gasteiger partial charge is 0.382 e. The average molecular weight is 293 g/mol. The summed E-state index contributed by atoms with van der Waals surface area (Å²) >= 11 is 0. The van der Waals surface area contributed by atoms with Gasteiger partial charge in [-0.15, -0.1) is 0 Å². The maximum absolute atomic E-state index is 12.2. The summed E-state index contributed by atoms with van der Waals surface area (Å²) in [7, 11) is 1.62. The zero-order chi connectivity index (χ0) is 16.2. The Morgan fingerprint density at radius 3 is 1.95 bits per heavy atom. The third-order valence-corrected chi connectivity index (χ3v) is 4.23. The standard InChI is InChI=1S/C17H25O4/c1-10(19-7)8-9-20-21-17(18)16-14(5)12(3)11(2)13(4)15(16)6/h9-10H,8H2,1-7H3. The van der Waals surface area contributed by atoms with Crippen molar-refractivity contribution in [3.8, 4) is 0 Å². The van der Waals surface area contributed by atoms with Gasteiger partial charge in [0.2, 0.25) is 0 Å². The summed E-state index contributed by atoms with van der Waals surface area (Å²) in [5.41, 5.74) is 5.90. The molecule has 0 N–H and O–H groups in total. The predicted molar refractivity (Wildman–Crippen MR) is 82.0 cm³/mol. The highest BCUT2D eigenvalue weighted by Crippen LogP contribution is 2.26. The number of carbonyl (C=O) groups excluding carboxylic acids is 1. The van der Waals surface area contributed by atoms with Gasteiger partial charge in [0.15, 0.2) is 0 Å². The Balaban J connectivity index is 2.80. The van der Waals surface area contributed by atoms with E-state index in [9.17, 15) is 4.79 Å². The molecule has 117 valence electrons. The Morgan fingerprint density at radius 2 is 1.48 bits per heavy atom. The van der Waals surface area contributed by atoms with Crippen molar-refractivity contribution in [2.45, 2.75) is 54.1 Å². The molecule has 0 fully saturated rings. The summed E-state index contributed by atoms with van der Waals surface area (Å²) in [6.45, 7) is 13.3. The average Bonchev–Trinajstić information content (AvgIpc) is 2.47. The molecule has 1 rings (SSSR count). The van der Waals surface area contributed by atoms with Crippen molar-refractivity contribution in [3.05, 3.63) is 40.0 Å². The van der Waals surface area contributed by atoms with E-state index in [4.69, 9.17) is 14.5 Å². The molecule has 1 aromatic carbocycles. The lowest BCUT2D eigenvalue weighted by Crippen LogP contribution is -2.13. The predicted octanol–water partition coefficient (Wildman–Crippen LogP) is 3.90. The third kappa shape index (κ3) is 4.05. The van der Waals surface area contributed by atoms with Crippen molar-refractivity contribution in [2.24, 2.45) is 0 Å². The van der Waals surface area contributed by atoms with Gasteiger partial charge in [0.1, 0.15) is 6.61 Å². The van der Waals surface area contributed by atoms with Crippen LogP contribution in [0.2, 0.25) is 0 Å². The lowest BCUT2D eigenvalue weighted by atomic mass is 9.90. The van der Waals surface area contributed by atoms with Gasteiger partial charge in [-0.2, -0.15) is 4.89 Å². The third-order valence-electron chi connectivity index (χ3n) is 4.23. The van der Waals surface area contributed by atoms with Crippen LogP contribution >= 0.6 is 0 Å². The van der Waals surface area contributed by atoms with E-state index in [2.05, 4.69) is 6.92 Å². The van der Waals surface area contributed by atoms with E-state index >= 15 is 0 Å². The molecule has 0 aliphatic carbocycles. The summed E-state index contributed by atoms with van der Waals surface area (Å²) in [5.74, 6) is -0.461. The molecule has 1 aromatic rings. The van der Waals surface area contributed by atoms with Gasteiger partial charge < -0.3 is 4.74 Å². The van der Waals surface area contributed by atoms with Crippen LogP contribution in [0.1, 0.15) is 51.5 Å². The molecule has 0 bridgehead atoms. The van der Waals surface area contributed by atoms with Crippen molar-refractivity contribution in [3.63, 3.8) is 0 Å². The first-order valence-electron chi connectivity index (χ1n) is 7.10. The Hall–Kier alpha value is -1.39. The molecule has 0 amide bonds. The molecule has 4 nitrogen and oxygen atoms in total. The SMILES string of the molecule is COC(C)C[CH]OOC(=O)c1c(C)c(C)c(C)c(C)c1C. The van der Waals surface area contributed by atoms with E-state index in [1.54, 1.807) is 7.11 Å². The Labute approximate surface area is 127 Å². The first kappa shape index (κ1) is 17.7. The Morgan fingerprint density at radius 1 is 1.00 bits per heavy atom. The summed E-state index contributed by atoms with van der Waals surface area (Å²) in [6, 6.07) is 0. The molecule has 0 saturated carbocycles. The van der Waals surface area contributed by atoms with E-state index < -0.39 is 5.97 Å². The number of hydrogen-bond donors (Lipinski definition) is 0. The van der Waals surface area contributed by atoms with Crippen molar-refractivity contribution >= 4 is 5.97 Å². The highest BCUT2D eigenvalue weighted by atomic mass is 17.2. The van der Waals surface area contributed by atoms with Gasteiger partial charge in [0.05, 0.1) is 11.7 Å². The number of rotatable bonds is 6. The molecule has 0 aliphatic rings. The van der Waals surface area contributed by atoms with Gasteiger partial charge in [-0.25, -0.2) is 4.79 Å². The molecular formula is C17H25O4. The fourth-order valence-electron chi connectivity index (χ4n) is 2.20. The first-order valence-corrected chi connectivity index (χ1v) is 7.10. The zero-order valence-electron chi connectivity index (χ0n) is 14.0. The van der Waals surface area contributed by atoms with Crippen LogP contribution in [-0.4, -0.2) is 19.2 Å². The minimum absolute atomic E-state index is 0.0241. The minimum atomic E-state index is -0.461. The van der Waals surface area contributed by atoms with Crippen LogP contribution in [-0.2, 0) is 14.5 Å². The summed E-state index contributed by atoms with van der Waals surface area (Å²) < 4.78 is 5.07. The fourth-order valence-corrected chi connectivity index (χ4v) is 2.20. The van der Waals surface area contributed by atoms with Crippen molar-refractivity contribution in [1.82, 2.24) is 0 Å². The molecule has 0 heterocycles.